The molecule has 0 unspecified atom stereocenters. The molecule has 0 radical (unpaired) electrons. The number of Topliss-reactive ketones (excluding diaryl/α,β-unsaturated/α-hetero) is 1. The van der Waals surface area contributed by atoms with Crippen molar-refractivity contribution in [2.45, 2.75) is 6.42 Å². The lowest BCUT2D eigenvalue weighted by Crippen LogP contribution is -2.04. The zero-order valence-electron chi connectivity index (χ0n) is 10.2. The molecule has 94 valence electrons. The van der Waals surface area contributed by atoms with Gasteiger partial charge < -0.3 is 9.30 Å². The Hall–Kier alpha value is -1.62. The highest BCUT2D eigenvalue weighted by atomic mass is 79.9. The van der Waals surface area contributed by atoms with Crippen molar-refractivity contribution in [3.63, 3.8) is 0 Å². The highest BCUT2D eigenvalue weighted by molar-refractivity contribution is 9.10. The Morgan fingerprint density at radius 3 is 2.83 bits per heavy atom. The van der Waals surface area contributed by atoms with Gasteiger partial charge in [-0.15, -0.1) is 0 Å². The van der Waals surface area contributed by atoms with E-state index >= 15 is 0 Å². The van der Waals surface area contributed by atoms with E-state index < -0.39 is 0 Å². The molecule has 0 N–H and O–H groups in total. The molecule has 0 bridgehead atoms. The lowest BCUT2D eigenvalue weighted by Gasteiger charge is -2.05. The van der Waals surface area contributed by atoms with Crippen LogP contribution >= 0.6 is 15.9 Å². The summed E-state index contributed by atoms with van der Waals surface area (Å²) in [4.78, 5) is 16.0. The Labute approximate surface area is 114 Å². The second-order valence-corrected chi connectivity index (χ2v) is 4.85. The lowest BCUT2D eigenvalue weighted by molar-refractivity contribution is 0.0988. The Morgan fingerprint density at radius 2 is 2.28 bits per heavy atom. The maximum absolute atomic E-state index is 12.0. The first kappa shape index (κ1) is 12.8. The van der Waals surface area contributed by atoms with Crippen molar-refractivity contribution >= 4 is 21.7 Å². The van der Waals surface area contributed by atoms with Crippen molar-refractivity contribution < 1.29 is 9.53 Å². The van der Waals surface area contributed by atoms with Gasteiger partial charge in [-0.2, -0.15) is 0 Å². The topological polar surface area (TPSA) is 44.1 Å². The van der Waals surface area contributed by atoms with Crippen LogP contribution in [-0.4, -0.2) is 22.4 Å². The number of carbonyl (C=O) groups is 1. The van der Waals surface area contributed by atoms with Gasteiger partial charge in [-0.1, -0.05) is 6.07 Å². The van der Waals surface area contributed by atoms with Crippen LogP contribution in [0.3, 0.4) is 0 Å². The third-order valence-corrected chi connectivity index (χ3v) is 3.19. The van der Waals surface area contributed by atoms with Gasteiger partial charge in [-0.25, -0.2) is 4.98 Å². The minimum Gasteiger partial charge on any atom is -0.496 e. The van der Waals surface area contributed by atoms with E-state index in [1.165, 1.54) is 0 Å². The molecule has 5 heteroatoms. The molecule has 2 rings (SSSR count). The molecule has 2 aromatic rings. The Kier molecular flexibility index (Phi) is 3.81. The van der Waals surface area contributed by atoms with E-state index in [1.807, 2.05) is 25.2 Å². The Morgan fingerprint density at radius 1 is 1.50 bits per heavy atom. The van der Waals surface area contributed by atoms with Gasteiger partial charge in [0.15, 0.2) is 5.78 Å². The number of halogens is 1. The Bertz CT molecular complexity index is 578. The number of hydrogen-bond acceptors (Lipinski definition) is 3. The van der Waals surface area contributed by atoms with Crippen molar-refractivity contribution in [2.24, 2.45) is 7.05 Å². The number of carbonyl (C=O) groups excluding carboxylic acids is 1. The molecule has 0 fully saturated rings. The minimum absolute atomic E-state index is 0.00710. The number of ether oxygens (including phenoxy) is 1. The van der Waals surface area contributed by atoms with Gasteiger partial charge in [0.1, 0.15) is 11.4 Å². The molecule has 0 saturated heterocycles. The molecule has 0 aliphatic heterocycles. The van der Waals surface area contributed by atoms with E-state index in [2.05, 4.69) is 20.9 Å². The summed E-state index contributed by atoms with van der Waals surface area (Å²) in [6.07, 6.45) is 3.68. The summed E-state index contributed by atoms with van der Waals surface area (Å²) >= 11 is 3.40. The van der Waals surface area contributed by atoms with Crippen LogP contribution in [0.15, 0.2) is 35.2 Å². The zero-order valence-corrected chi connectivity index (χ0v) is 11.8. The number of aryl methyl sites for hydroxylation is 1. The van der Waals surface area contributed by atoms with Gasteiger partial charge in [-0.3, -0.25) is 4.79 Å². The average molecular weight is 309 g/mol. The third kappa shape index (κ3) is 2.79. The number of rotatable bonds is 4. The smallest absolute Gasteiger partial charge is 0.187 e. The largest absolute Gasteiger partial charge is 0.496 e. The summed E-state index contributed by atoms with van der Waals surface area (Å²) in [5.41, 5.74) is 1.42. The molecular formula is C13H13BrN2O2. The maximum Gasteiger partial charge on any atom is 0.187 e. The lowest BCUT2D eigenvalue weighted by atomic mass is 10.1. The zero-order chi connectivity index (χ0) is 13.1. The van der Waals surface area contributed by atoms with Crippen LogP contribution in [0.25, 0.3) is 0 Å². The molecule has 0 aliphatic carbocycles. The van der Waals surface area contributed by atoms with Crippen LogP contribution < -0.4 is 4.74 Å². The minimum atomic E-state index is 0.00710. The van der Waals surface area contributed by atoms with E-state index in [-0.39, 0.29) is 5.78 Å². The first-order valence-corrected chi connectivity index (χ1v) is 6.23. The van der Waals surface area contributed by atoms with E-state index in [9.17, 15) is 4.79 Å². The number of aromatic nitrogens is 2. The van der Waals surface area contributed by atoms with Gasteiger partial charge in [0.05, 0.1) is 17.9 Å². The summed E-state index contributed by atoms with van der Waals surface area (Å²) < 4.78 is 7.75. The molecule has 0 atom stereocenters. The predicted octanol–water partition coefficient (Wildman–Crippen LogP) is 2.62. The van der Waals surface area contributed by atoms with E-state index in [0.717, 1.165) is 15.8 Å². The van der Waals surface area contributed by atoms with Gasteiger partial charge >= 0.3 is 0 Å². The number of hydrogen-bond donors (Lipinski definition) is 0. The van der Waals surface area contributed by atoms with E-state index in [4.69, 9.17) is 4.74 Å². The molecule has 0 spiro atoms. The van der Waals surface area contributed by atoms with Crippen molar-refractivity contribution in [3.8, 4) is 5.75 Å². The van der Waals surface area contributed by atoms with Crippen LogP contribution in [0.5, 0.6) is 5.75 Å². The van der Waals surface area contributed by atoms with E-state index in [1.54, 1.807) is 24.2 Å². The molecule has 18 heavy (non-hydrogen) atoms. The molecular weight excluding hydrogens is 296 g/mol. The SMILES string of the molecule is COc1ccc(CC(=O)c2cn(C)cn2)cc1Br. The van der Waals surface area contributed by atoms with Crippen LogP contribution in [0.1, 0.15) is 16.1 Å². The second-order valence-electron chi connectivity index (χ2n) is 3.99. The molecule has 4 nitrogen and oxygen atoms in total. The van der Waals surface area contributed by atoms with Crippen LogP contribution in [0, 0.1) is 0 Å². The normalized spacial score (nSPS) is 10.4. The summed E-state index contributed by atoms with van der Waals surface area (Å²) in [5.74, 6) is 0.761. The highest BCUT2D eigenvalue weighted by Crippen LogP contribution is 2.25. The van der Waals surface area contributed by atoms with Crippen molar-refractivity contribution in [2.75, 3.05) is 7.11 Å². The highest BCUT2D eigenvalue weighted by Gasteiger charge is 2.11. The fraction of sp³-hybridized carbons (Fsp3) is 0.231. The van der Waals surface area contributed by atoms with Crippen LogP contribution in [0.2, 0.25) is 0 Å². The Balaban J connectivity index is 2.14. The molecule has 1 aromatic heterocycles. The summed E-state index contributed by atoms with van der Waals surface area (Å²) in [5, 5.41) is 0. The second kappa shape index (κ2) is 5.35. The molecule has 0 amide bonds. The number of benzene rings is 1. The van der Waals surface area contributed by atoms with Gasteiger partial charge in [0, 0.05) is 19.7 Å². The summed E-state index contributed by atoms with van der Waals surface area (Å²) in [7, 11) is 3.45. The van der Waals surface area contributed by atoms with E-state index in [0.29, 0.717) is 12.1 Å². The number of ketones is 1. The number of imidazole rings is 1. The monoisotopic (exact) mass is 308 g/mol. The van der Waals surface area contributed by atoms with Crippen LogP contribution in [-0.2, 0) is 13.5 Å². The molecule has 0 saturated carbocycles. The molecule has 1 heterocycles. The summed E-state index contributed by atoms with van der Waals surface area (Å²) in [6, 6.07) is 5.61. The van der Waals surface area contributed by atoms with Gasteiger partial charge in [-0.05, 0) is 33.6 Å². The summed E-state index contributed by atoms with van der Waals surface area (Å²) in [6.45, 7) is 0. The first-order valence-electron chi connectivity index (χ1n) is 5.43. The number of nitrogens with zero attached hydrogens (tertiary/aromatic N) is 2. The first-order chi connectivity index (χ1) is 8.60. The van der Waals surface area contributed by atoms with Crippen molar-refractivity contribution in [3.05, 3.63) is 46.5 Å². The van der Waals surface area contributed by atoms with Crippen molar-refractivity contribution in [1.29, 1.82) is 0 Å². The van der Waals surface area contributed by atoms with Crippen LogP contribution in [0.4, 0.5) is 0 Å². The average Bonchev–Trinajstić information content (AvgIpc) is 2.76. The molecule has 0 aliphatic rings. The van der Waals surface area contributed by atoms with Crippen molar-refractivity contribution in [1.82, 2.24) is 9.55 Å². The number of methoxy groups -OCH3 is 1. The fourth-order valence-corrected chi connectivity index (χ4v) is 2.24. The maximum atomic E-state index is 12.0. The quantitative estimate of drug-likeness (QED) is 0.816. The standard InChI is InChI=1S/C13H13BrN2O2/c1-16-7-11(15-8-16)12(17)6-9-3-4-13(18-2)10(14)5-9/h3-5,7-8H,6H2,1-2H3. The van der Waals surface area contributed by atoms with Gasteiger partial charge in [0.25, 0.3) is 0 Å². The predicted molar refractivity (Wildman–Crippen MR) is 71.9 cm³/mol. The van der Waals surface area contributed by atoms with Gasteiger partial charge in [0.2, 0.25) is 0 Å². The fourth-order valence-electron chi connectivity index (χ4n) is 1.65. The molecule has 1 aromatic carbocycles. The third-order valence-electron chi connectivity index (χ3n) is 2.57.